The number of fused-ring (bicyclic) bond motifs is 1. The fraction of sp³-hybridized carbons (Fsp3) is 0.118. The molecule has 26 heavy (non-hydrogen) atoms. The van der Waals surface area contributed by atoms with Crippen molar-refractivity contribution in [3.63, 3.8) is 0 Å². The number of carboxylic acids is 1. The lowest BCUT2D eigenvalue weighted by Crippen LogP contribution is -2.14. The first-order valence-electron chi connectivity index (χ1n) is 7.26. The van der Waals surface area contributed by atoms with E-state index in [-0.39, 0.29) is 17.1 Å². The van der Waals surface area contributed by atoms with Gasteiger partial charge in [-0.15, -0.1) is 0 Å². The Morgan fingerprint density at radius 2 is 1.73 bits per heavy atom. The number of phenolic OH excluding ortho intramolecular Hbond substituents is 1. The number of ether oxygens (including phenoxy) is 1. The van der Waals surface area contributed by atoms with Gasteiger partial charge in [0.2, 0.25) is 5.88 Å². The zero-order valence-corrected chi connectivity index (χ0v) is 13.0. The van der Waals surface area contributed by atoms with Gasteiger partial charge in [-0.2, -0.15) is 18.2 Å². The highest BCUT2D eigenvalue weighted by Crippen LogP contribution is 2.32. The molecule has 9 heteroatoms. The van der Waals surface area contributed by atoms with Crippen molar-refractivity contribution < 1.29 is 32.9 Å². The van der Waals surface area contributed by atoms with Crippen LogP contribution in [0.1, 0.15) is 5.69 Å². The number of alkyl halides is 3. The van der Waals surface area contributed by atoms with Crippen LogP contribution in [0.25, 0.3) is 22.2 Å². The SMILES string of the molecule is O=C(O)COc1cc(C(F)(F)F)nc(-c2ccc3cc(O)ccc3c2)n1. The molecule has 2 N–H and O–H groups in total. The summed E-state index contributed by atoms with van der Waals surface area (Å²) in [5.41, 5.74) is -0.955. The van der Waals surface area contributed by atoms with E-state index in [9.17, 15) is 23.1 Å². The standard InChI is InChI=1S/C17H11F3N2O4/c18-17(19,20)13-7-14(26-8-15(24)25)22-16(21-13)11-2-1-10-6-12(23)4-3-9(10)5-11/h1-7,23H,8H2,(H,24,25). The Labute approximate surface area is 144 Å². The first kappa shape index (κ1) is 17.5. The van der Waals surface area contributed by atoms with Crippen molar-refractivity contribution in [2.45, 2.75) is 6.18 Å². The van der Waals surface area contributed by atoms with Crippen molar-refractivity contribution >= 4 is 16.7 Å². The lowest BCUT2D eigenvalue weighted by Gasteiger charge is -2.11. The predicted molar refractivity (Wildman–Crippen MR) is 84.8 cm³/mol. The van der Waals surface area contributed by atoms with Crippen molar-refractivity contribution in [1.29, 1.82) is 0 Å². The molecule has 0 aliphatic heterocycles. The number of aromatic hydroxyl groups is 1. The number of nitrogens with zero attached hydrogens (tertiary/aromatic N) is 2. The minimum absolute atomic E-state index is 0.0601. The number of hydrogen-bond donors (Lipinski definition) is 2. The van der Waals surface area contributed by atoms with Gasteiger partial charge in [0.25, 0.3) is 0 Å². The molecule has 0 saturated heterocycles. The van der Waals surface area contributed by atoms with Gasteiger partial charge in [0.05, 0.1) is 0 Å². The van der Waals surface area contributed by atoms with Crippen LogP contribution in [0.2, 0.25) is 0 Å². The van der Waals surface area contributed by atoms with Crippen LogP contribution in [0.4, 0.5) is 13.2 Å². The van der Waals surface area contributed by atoms with Crippen molar-refractivity contribution in [1.82, 2.24) is 9.97 Å². The Bertz CT molecular complexity index is 989. The molecule has 1 heterocycles. The highest BCUT2D eigenvalue weighted by molar-refractivity contribution is 5.87. The van der Waals surface area contributed by atoms with Crippen LogP contribution in [-0.2, 0) is 11.0 Å². The second-order valence-corrected chi connectivity index (χ2v) is 5.34. The topological polar surface area (TPSA) is 92.5 Å². The average molecular weight is 364 g/mol. The van der Waals surface area contributed by atoms with Gasteiger partial charge in [0.15, 0.2) is 18.1 Å². The summed E-state index contributed by atoms with van der Waals surface area (Å²) in [6, 6.07) is 9.76. The van der Waals surface area contributed by atoms with Crippen molar-refractivity contribution in [3.8, 4) is 23.0 Å². The summed E-state index contributed by atoms with van der Waals surface area (Å²) in [5, 5.41) is 19.4. The highest BCUT2D eigenvalue weighted by atomic mass is 19.4. The van der Waals surface area contributed by atoms with Crippen LogP contribution in [0, 0.1) is 0 Å². The maximum atomic E-state index is 13.1. The van der Waals surface area contributed by atoms with Gasteiger partial charge >= 0.3 is 12.1 Å². The molecule has 0 aliphatic rings. The Morgan fingerprint density at radius 1 is 1.04 bits per heavy atom. The highest BCUT2D eigenvalue weighted by Gasteiger charge is 2.34. The molecule has 134 valence electrons. The van der Waals surface area contributed by atoms with Crippen LogP contribution < -0.4 is 4.74 Å². The number of carbonyl (C=O) groups is 1. The molecule has 0 spiro atoms. The monoisotopic (exact) mass is 364 g/mol. The molecule has 2 aromatic carbocycles. The summed E-state index contributed by atoms with van der Waals surface area (Å²) in [6.45, 7) is -0.829. The fourth-order valence-corrected chi connectivity index (χ4v) is 2.28. The molecule has 0 atom stereocenters. The first-order chi connectivity index (χ1) is 12.2. The number of aliphatic carboxylic acids is 1. The number of carboxylic acid groups (broad SMARTS) is 1. The minimum atomic E-state index is -4.75. The third kappa shape index (κ3) is 3.82. The van der Waals surface area contributed by atoms with E-state index < -0.39 is 30.3 Å². The lowest BCUT2D eigenvalue weighted by molar-refractivity contribution is -0.141. The summed E-state index contributed by atoms with van der Waals surface area (Å²) in [5.74, 6) is -2.03. The number of benzene rings is 2. The second kappa shape index (κ2) is 6.51. The van der Waals surface area contributed by atoms with Crippen LogP contribution in [0.3, 0.4) is 0 Å². The summed E-state index contributed by atoms with van der Waals surface area (Å²) in [7, 11) is 0. The van der Waals surface area contributed by atoms with Crippen molar-refractivity contribution in [2.24, 2.45) is 0 Å². The average Bonchev–Trinajstić information content (AvgIpc) is 2.58. The van der Waals surface area contributed by atoms with Gasteiger partial charge in [-0.25, -0.2) is 9.78 Å². The van der Waals surface area contributed by atoms with Gasteiger partial charge in [0.1, 0.15) is 5.75 Å². The fourth-order valence-electron chi connectivity index (χ4n) is 2.28. The molecule has 0 aliphatic carbocycles. The number of rotatable bonds is 4. The van der Waals surface area contributed by atoms with Crippen LogP contribution in [0.5, 0.6) is 11.6 Å². The normalized spacial score (nSPS) is 11.5. The molecule has 0 bridgehead atoms. The lowest BCUT2D eigenvalue weighted by atomic mass is 10.1. The summed E-state index contributed by atoms with van der Waals surface area (Å²) in [4.78, 5) is 18.0. The van der Waals surface area contributed by atoms with E-state index in [4.69, 9.17) is 9.84 Å². The molecular formula is C17H11F3N2O4. The van der Waals surface area contributed by atoms with Crippen molar-refractivity contribution in [2.75, 3.05) is 6.61 Å². The smallest absolute Gasteiger partial charge is 0.433 e. The number of halogens is 3. The molecule has 0 saturated carbocycles. The number of aromatic nitrogens is 2. The van der Waals surface area contributed by atoms with Gasteiger partial charge in [-0.1, -0.05) is 18.2 Å². The van der Waals surface area contributed by atoms with E-state index in [0.29, 0.717) is 16.8 Å². The Balaban J connectivity index is 2.09. The van der Waals surface area contributed by atoms with E-state index in [1.807, 2.05) is 0 Å². The second-order valence-electron chi connectivity index (χ2n) is 5.34. The quantitative estimate of drug-likeness (QED) is 0.736. The molecule has 0 radical (unpaired) electrons. The third-order valence-corrected chi connectivity index (χ3v) is 3.42. The molecule has 6 nitrogen and oxygen atoms in total. The van der Waals surface area contributed by atoms with Gasteiger partial charge in [0, 0.05) is 11.6 Å². The predicted octanol–water partition coefficient (Wildman–Crippen LogP) is 3.48. The number of phenols is 1. The zero-order chi connectivity index (χ0) is 18.9. The molecule has 0 amide bonds. The summed E-state index contributed by atoms with van der Waals surface area (Å²) < 4.78 is 44.0. The number of hydrogen-bond acceptors (Lipinski definition) is 5. The van der Waals surface area contributed by atoms with Crippen LogP contribution in [0.15, 0.2) is 42.5 Å². The first-order valence-corrected chi connectivity index (χ1v) is 7.26. The molecule has 1 aromatic heterocycles. The maximum Gasteiger partial charge on any atom is 0.433 e. The van der Waals surface area contributed by atoms with E-state index in [2.05, 4.69) is 9.97 Å². The van der Waals surface area contributed by atoms with Crippen LogP contribution >= 0.6 is 0 Å². The molecule has 0 fully saturated rings. The Morgan fingerprint density at radius 3 is 2.42 bits per heavy atom. The van der Waals surface area contributed by atoms with Crippen molar-refractivity contribution in [3.05, 3.63) is 48.2 Å². The Kier molecular flexibility index (Phi) is 4.37. The van der Waals surface area contributed by atoms with E-state index in [0.717, 1.165) is 0 Å². The third-order valence-electron chi connectivity index (χ3n) is 3.42. The zero-order valence-electron chi connectivity index (χ0n) is 13.0. The Hall–Kier alpha value is -3.36. The van der Waals surface area contributed by atoms with E-state index in [1.165, 1.54) is 18.2 Å². The molecular weight excluding hydrogens is 353 g/mol. The van der Waals surface area contributed by atoms with Gasteiger partial charge in [-0.05, 0) is 29.0 Å². The van der Waals surface area contributed by atoms with E-state index >= 15 is 0 Å². The van der Waals surface area contributed by atoms with Crippen LogP contribution in [-0.4, -0.2) is 32.8 Å². The van der Waals surface area contributed by atoms with Gasteiger partial charge < -0.3 is 14.9 Å². The van der Waals surface area contributed by atoms with E-state index in [1.54, 1.807) is 18.2 Å². The van der Waals surface area contributed by atoms with Gasteiger partial charge in [-0.3, -0.25) is 0 Å². The maximum absolute atomic E-state index is 13.1. The minimum Gasteiger partial charge on any atom is -0.508 e. The molecule has 0 unspecified atom stereocenters. The molecule has 3 rings (SSSR count). The summed E-state index contributed by atoms with van der Waals surface area (Å²) >= 11 is 0. The largest absolute Gasteiger partial charge is 0.508 e. The summed E-state index contributed by atoms with van der Waals surface area (Å²) in [6.07, 6.45) is -4.75. The molecule has 3 aromatic rings.